The fraction of sp³-hybridized carbons (Fsp3) is 0.571. The van der Waals surface area contributed by atoms with E-state index in [9.17, 15) is 8.42 Å². The summed E-state index contributed by atoms with van der Waals surface area (Å²) < 4.78 is 27.8. The average molecular weight is 317 g/mol. The Hall–Kier alpha value is -0.620. The van der Waals surface area contributed by atoms with E-state index in [1.165, 1.54) is 6.07 Å². The first-order chi connectivity index (χ1) is 9.40. The Morgan fingerprint density at radius 3 is 2.70 bits per heavy atom. The van der Waals surface area contributed by atoms with Crippen molar-refractivity contribution in [2.45, 2.75) is 56.0 Å². The summed E-state index contributed by atoms with van der Waals surface area (Å²) in [5.41, 5.74) is 6.76. The minimum atomic E-state index is -3.58. The lowest BCUT2D eigenvalue weighted by Crippen LogP contribution is -2.46. The normalized spacial score (nSPS) is 24.4. The van der Waals surface area contributed by atoms with Crippen LogP contribution in [0.25, 0.3) is 0 Å². The van der Waals surface area contributed by atoms with E-state index in [4.69, 9.17) is 17.3 Å². The molecule has 1 aliphatic carbocycles. The van der Waals surface area contributed by atoms with Crippen LogP contribution < -0.4 is 10.5 Å². The van der Waals surface area contributed by atoms with Gasteiger partial charge in [0.05, 0.1) is 4.90 Å². The molecule has 0 spiro atoms. The molecule has 1 saturated carbocycles. The van der Waals surface area contributed by atoms with Crippen LogP contribution in [0.3, 0.4) is 0 Å². The largest absolute Gasteiger partial charge is 0.326 e. The van der Waals surface area contributed by atoms with E-state index in [-0.39, 0.29) is 17.0 Å². The van der Waals surface area contributed by atoms with Gasteiger partial charge in [-0.3, -0.25) is 0 Å². The molecule has 0 aromatic heterocycles. The first kappa shape index (κ1) is 15.8. The highest BCUT2D eigenvalue weighted by molar-refractivity contribution is 7.89. The number of rotatable bonds is 3. The van der Waals surface area contributed by atoms with E-state index in [1.807, 2.05) is 0 Å². The molecule has 112 valence electrons. The van der Waals surface area contributed by atoms with Crippen molar-refractivity contribution in [3.8, 4) is 0 Å². The van der Waals surface area contributed by atoms with Crippen molar-refractivity contribution in [3.05, 3.63) is 28.8 Å². The van der Waals surface area contributed by atoms with Gasteiger partial charge in [-0.15, -0.1) is 0 Å². The molecule has 2 unspecified atom stereocenters. The van der Waals surface area contributed by atoms with E-state index >= 15 is 0 Å². The van der Waals surface area contributed by atoms with Crippen molar-refractivity contribution in [3.63, 3.8) is 0 Å². The van der Waals surface area contributed by atoms with Crippen LogP contribution in [0.4, 0.5) is 0 Å². The Balaban J connectivity index is 2.24. The second-order valence-electron chi connectivity index (χ2n) is 5.44. The van der Waals surface area contributed by atoms with Crippen LogP contribution >= 0.6 is 11.6 Å². The maximum atomic E-state index is 12.5. The molecule has 1 aliphatic rings. The van der Waals surface area contributed by atoms with Gasteiger partial charge < -0.3 is 5.73 Å². The summed E-state index contributed by atoms with van der Waals surface area (Å²) in [7, 11) is -3.58. The van der Waals surface area contributed by atoms with Gasteiger partial charge >= 0.3 is 0 Å². The van der Waals surface area contributed by atoms with Gasteiger partial charge in [-0.05, 0) is 37.5 Å². The van der Waals surface area contributed by atoms with Crippen LogP contribution in [-0.2, 0) is 10.0 Å². The number of benzene rings is 1. The van der Waals surface area contributed by atoms with Crippen molar-refractivity contribution >= 4 is 21.6 Å². The van der Waals surface area contributed by atoms with Gasteiger partial charge in [0.15, 0.2) is 0 Å². The lowest BCUT2D eigenvalue weighted by atomic mass is 10.1. The van der Waals surface area contributed by atoms with Crippen molar-refractivity contribution < 1.29 is 8.42 Å². The topological polar surface area (TPSA) is 72.2 Å². The van der Waals surface area contributed by atoms with E-state index in [1.54, 1.807) is 19.1 Å². The summed E-state index contributed by atoms with van der Waals surface area (Å²) >= 11 is 5.90. The number of nitrogens with two attached hydrogens (primary N) is 1. The molecule has 1 aromatic rings. The smallest absolute Gasteiger partial charge is 0.241 e. The third kappa shape index (κ3) is 3.73. The summed E-state index contributed by atoms with van der Waals surface area (Å²) in [6, 6.07) is 4.58. The molecule has 0 bridgehead atoms. The Bertz CT molecular complexity index is 575. The number of aryl methyl sites for hydroxylation is 1. The van der Waals surface area contributed by atoms with Crippen molar-refractivity contribution in [2.24, 2.45) is 5.73 Å². The molecule has 0 heterocycles. The molecule has 4 nitrogen and oxygen atoms in total. The molecule has 1 aromatic carbocycles. The zero-order chi connectivity index (χ0) is 14.8. The minimum absolute atomic E-state index is 0.119. The SMILES string of the molecule is Cc1ccc(Cl)cc1S(=O)(=O)NC1CCCCCC1N. The Morgan fingerprint density at radius 1 is 1.25 bits per heavy atom. The zero-order valence-electron chi connectivity index (χ0n) is 11.6. The molecule has 0 amide bonds. The van der Waals surface area contributed by atoms with Gasteiger partial charge in [0.2, 0.25) is 10.0 Å². The van der Waals surface area contributed by atoms with Crippen LogP contribution in [0, 0.1) is 6.92 Å². The Morgan fingerprint density at radius 2 is 1.95 bits per heavy atom. The molecule has 6 heteroatoms. The highest BCUT2D eigenvalue weighted by atomic mass is 35.5. The van der Waals surface area contributed by atoms with Crippen LogP contribution in [0.2, 0.25) is 5.02 Å². The predicted octanol–water partition coefficient (Wildman–Crippen LogP) is 2.59. The maximum absolute atomic E-state index is 12.5. The minimum Gasteiger partial charge on any atom is -0.326 e. The second-order valence-corrected chi connectivity index (χ2v) is 7.56. The first-order valence-corrected chi connectivity index (χ1v) is 8.80. The average Bonchev–Trinajstić information content (AvgIpc) is 2.57. The number of hydrogen-bond donors (Lipinski definition) is 2. The maximum Gasteiger partial charge on any atom is 0.241 e. The first-order valence-electron chi connectivity index (χ1n) is 6.94. The number of nitrogens with one attached hydrogen (secondary N) is 1. The standard InChI is InChI=1S/C14H21ClN2O2S/c1-10-7-8-11(15)9-14(10)20(18,19)17-13-6-4-2-3-5-12(13)16/h7-9,12-13,17H,2-6,16H2,1H3. The Kier molecular flexibility index (Phi) is 5.07. The lowest BCUT2D eigenvalue weighted by Gasteiger charge is -2.23. The van der Waals surface area contributed by atoms with Crippen LogP contribution in [0.1, 0.15) is 37.7 Å². The predicted molar refractivity (Wildman–Crippen MR) is 81.4 cm³/mol. The molecule has 0 radical (unpaired) electrons. The van der Waals surface area contributed by atoms with E-state index < -0.39 is 10.0 Å². The number of halogens is 1. The summed E-state index contributed by atoms with van der Waals surface area (Å²) in [6.45, 7) is 1.76. The fourth-order valence-corrected chi connectivity index (χ4v) is 4.44. The molecule has 2 rings (SSSR count). The third-order valence-electron chi connectivity index (χ3n) is 3.82. The quantitative estimate of drug-likeness (QED) is 0.842. The van der Waals surface area contributed by atoms with Crippen molar-refractivity contribution in [1.82, 2.24) is 4.72 Å². The summed E-state index contributed by atoms with van der Waals surface area (Å²) in [5.74, 6) is 0. The van der Waals surface area contributed by atoms with E-state index in [0.717, 1.165) is 32.1 Å². The molecule has 0 aliphatic heterocycles. The monoisotopic (exact) mass is 316 g/mol. The van der Waals surface area contributed by atoms with E-state index in [2.05, 4.69) is 4.72 Å². The third-order valence-corrected chi connectivity index (χ3v) is 5.68. The molecule has 1 fully saturated rings. The molecule has 2 atom stereocenters. The molecule has 0 saturated heterocycles. The second kappa shape index (κ2) is 6.43. The summed E-state index contributed by atoms with van der Waals surface area (Å²) in [6.07, 6.45) is 4.84. The van der Waals surface area contributed by atoms with E-state index in [0.29, 0.717) is 10.6 Å². The van der Waals surface area contributed by atoms with Gasteiger partial charge in [0, 0.05) is 17.1 Å². The van der Waals surface area contributed by atoms with Gasteiger partial charge in [-0.25, -0.2) is 13.1 Å². The van der Waals surface area contributed by atoms with Gasteiger partial charge in [-0.1, -0.05) is 36.9 Å². The summed E-state index contributed by atoms with van der Waals surface area (Å²) in [4.78, 5) is 0.237. The molecule has 3 N–H and O–H groups in total. The van der Waals surface area contributed by atoms with Crippen LogP contribution in [0.5, 0.6) is 0 Å². The van der Waals surface area contributed by atoms with Crippen molar-refractivity contribution in [2.75, 3.05) is 0 Å². The molecular formula is C14H21ClN2O2S. The number of hydrogen-bond acceptors (Lipinski definition) is 3. The van der Waals surface area contributed by atoms with Gasteiger partial charge in [0.25, 0.3) is 0 Å². The Labute approximate surface area is 125 Å². The van der Waals surface area contributed by atoms with Crippen molar-refractivity contribution in [1.29, 1.82) is 0 Å². The van der Waals surface area contributed by atoms with Crippen LogP contribution in [0.15, 0.2) is 23.1 Å². The number of sulfonamides is 1. The zero-order valence-corrected chi connectivity index (χ0v) is 13.2. The van der Waals surface area contributed by atoms with Gasteiger partial charge in [0.1, 0.15) is 0 Å². The highest BCUT2D eigenvalue weighted by Gasteiger charge is 2.27. The van der Waals surface area contributed by atoms with Crippen LogP contribution in [-0.4, -0.2) is 20.5 Å². The molecule has 20 heavy (non-hydrogen) atoms. The lowest BCUT2D eigenvalue weighted by molar-refractivity contribution is 0.456. The summed E-state index contributed by atoms with van der Waals surface area (Å²) in [5, 5.41) is 0.418. The molecular weight excluding hydrogens is 296 g/mol. The fourth-order valence-electron chi connectivity index (χ4n) is 2.61. The highest BCUT2D eigenvalue weighted by Crippen LogP contribution is 2.23. The van der Waals surface area contributed by atoms with Gasteiger partial charge in [-0.2, -0.15) is 0 Å².